The molecule has 0 aliphatic heterocycles. The number of aliphatic hydroxyl groups is 1. The fourth-order valence-electron chi connectivity index (χ4n) is 11.2. The number of phosphoric ester groups is 1. The average Bonchev–Trinajstić information content (AvgIpc) is 2.75. The van der Waals surface area contributed by atoms with E-state index in [9.17, 15) is 19.4 Å². The van der Waals surface area contributed by atoms with Gasteiger partial charge in [-0.2, -0.15) is 0 Å². The molecule has 3 atom stereocenters. The molecule has 0 heterocycles. The maximum atomic E-state index is 13.1. The second kappa shape index (κ2) is 72.9. The molecule has 1 amide bonds. The van der Waals surface area contributed by atoms with Crippen molar-refractivity contribution in [2.75, 3.05) is 40.9 Å². The summed E-state index contributed by atoms with van der Waals surface area (Å²) >= 11 is 0. The van der Waals surface area contributed by atoms with Crippen molar-refractivity contribution >= 4 is 13.7 Å². The van der Waals surface area contributed by atoms with Crippen LogP contribution in [-0.2, 0) is 18.4 Å². The fourth-order valence-corrected chi connectivity index (χ4v) is 11.9. The molecule has 3 unspecified atom stereocenters. The van der Waals surface area contributed by atoms with E-state index in [1.807, 2.05) is 21.1 Å². The summed E-state index contributed by atoms with van der Waals surface area (Å²) in [5.41, 5.74) is 0. The SMILES string of the molecule is CC/C=C\C/C=C\C/C=C\C/C=C\C/C=C\C/C=C\C/C=C\C/C=C\C/C=C\C/C=C\C/C=C\CCCCCCCCCC(=O)NC(COP(=O)(O)OCC[N+](C)(C)C)C(O)CCCCCCCCCCCCCCCCCCCCCCCCCCCCCCCC. The maximum absolute atomic E-state index is 13.1. The van der Waals surface area contributed by atoms with Gasteiger partial charge in [0.2, 0.25) is 5.91 Å². The van der Waals surface area contributed by atoms with Gasteiger partial charge in [-0.1, -0.05) is 372 Å². The highest BCUT2D eigenvalue weighted by Gasteiger charge is 2.28. The van der Waals surface area contributed by atoms with Crippen LogP contribution in [0.25, 0.3) is 0 Å². The fraction of sp³-hybridized carbons (Fsp3) is 0.726. The Kier molecular flexibility index (Phi) is 70.3. The van der Waals surface area contributed by atoms with Gasteiger partial charge in [-0.25, -0.2) is 4.57 Å². The van der Waals surface area contributed by atoms with Crippen LogP contribution in [0.2, 0.25) is 0 Å². The van der Waals surface area contributed by atoms with Gasteiger partial charge in [0.05, 0.1) is 39.9 Å². The minimum absolute atomic E-state index is 0.0668. The standard InChI is InChI=1S/C84H149N2O6P/c1-6-8-10-12-14-16-18-20-22-24-26-28-30-32-34-36-38-39-40-41-42-43-44-45-46-47-48-50-52-54-56-58-60-62-64-66-68-70-72-74-76-78-84(88)85-82(81-92-93(89,90)91-80-79-86(3,4)5)83(87)77-75-73-71-69-67-65-63-61-59-57-55-53-51-49-37-35-33-31-29-27-25-23-21-19-17-15-13-11-9-7-2/h8,10,14,16,20,22,26,28,32,34,38-39,41-42,44-45,47-48,52,54,58,60,82-83,87H,6-7,9,11-13,15,17-19,21,23-25,27,29-31,33,35-37,40,43,46,49-51,53,55-57,59,61-81H2,1-5H3,(H-,85,88,89,90)/p+1/b10-8-,16-14-,22-20-,28-26-,34-32-,39-38-,42-41-,45-44-,48-47-,54-52-,60-58-. The molecule has 0 saturated carbocycles. The van der Waals surface area contributed by atoms with Crippen molar-refractivity contribution in [3.05, 3.63) is 134 Å². The molecule has 0 aliphatic rings. The van der Waals surface area contributed by atoms with E-state index in [4.69, 9.17) is 9.05 Å². The van der Waals surface area contributed by atoms with Gasteiger partial charge in [-0.3, -0.25) is 13.8 Å². The number of allylic oxidation sites excluding steroid dienone is 22. The molecule has 0 aromatic heterocycles. The van der Waals surface area contributed by atoms with Crippen LogP contribution in [0.5, 0.6) is 0 Å². The number of hydrogen-bond acceptors (Lipinski definition) is 5. The highest BCUT2D eigenvalue weighted by atomic mass is 31.2. The van der Waals surface area contributed by atoms with E-state index in [1.165, 1.54) is 193 Å². The Morgan fingerprint density at radius 1 is 0.376 bits per heavy atom. The molecule has 3 N–H and O–H groups in total. The molecule has 0 spiro atoms. The first-order chi connectivity index (χ1) is 45.5. The van der Waals surface area contributed by atoms with E-state index < -0.39 is 20.0 Å². The van der Waals surface area contributed by atoms with Crippen LogP contribution in [-0.4, -0.2) is 73.4 Å². The first-order valence-electron chi connectivity index (χ1n) is 39.0. The Labute approximate surface area is 576 Å². The van der Waals surface area contributed by atoms with Crippen molar-refractivity contribution in [3.63, 3.8) is 0 Å². The molecule has 0 aromatic rings. The predicted molar refractivity (Wildman–Crippen MR) is 410 cm³/mol. The Morgan fingerprint density at radius 2 is 0.645 bits per heavy atom. The number of aliphatic hydroxyl groups excluding tert-OH is 1. The second-order valence-corrected chi connectivity index (χ2v) is 28.8. The van der Waals surface area contributed by atoms with Crippen molar-refractivity contribution in [1.29, 1.82) is 0 Å². The van der Waals surface area contributed by atoms with E-state index in [0.717, 1.165) is 122 Å². The normalized spacial score (nSPS) is 14.3. The van der Waals surface area contributed by atoms with Gasteiger partial charge in [0, 0.05) is 6.42 Å². The lowest BCUT2D eigenvalue weighted by atomic mass is 10.0. The van der Waals surface area contributed by atoms with Gasteiger partial charge in [0.1, 0.15) is 13.2 Å². The number of likely N-dealkylation sites (N-methyl/N-ethyl adjacent to an activating group) is 1. The molecule has 0 bridgehead atoms. The molecule has 536 valence electrons. The Hall–Kier alpha value is -3.36. The number of phosphoric acid groups is 1. The third-order valence-corrected chi connectivity index (χ3v) is 18.1. The number of quaternary nitrogens is 1. The molecule has 0 rings (SSSR count). The first-order valence-corrected chi connectivity index (χ1v) is 40.5. The molecule has 93 heavy (non-hydrogen) atoms. The van der Waals surface area contributed by atoms with Crippen molar-refractivity contribution in [2.45, 2.75) is 353 Å². The summed E-state index contributed by atoms with van der Waals surface area (Å²) in [6.45, 7) is 4.79. The van der Waals surface area contributed by atoms with E-state index >= 15 is 0 Å². The van der Waals surface area contributed by atoms with Crippen LogP contribution in [0.3, 0.4) is 0 Å². The Bertz CT molecular complexity index is 1990. The van der Waals surface area contributed by atoms with E-state index in [0.29, 0.717) is 23.9 Å². The topological polar surface area (TPSA) is 105 Å². The summed E-state index contributed by atoms with van der Waals surface area (Å²) in [5, 5.41) is 14.2. The van der Waals surface area contributed by atoms with Crippen LogP contribution in [0.4, 0.5) is 0 Å². The molecule has 0 aliphatic carbocycles. The second-order valence-electron chi connectivity index (χ2n) is 27.4. The number of unbranched alkanes of at least 4 members (excludes halogenated alkanes) is 36. The number of nitrogens with one attached hydrogen (secondary N) is 1. The lowest BCUT2D eigenvalue weighted by molar-refractivity contribution is -0.870. The molecule has 0 aromatic carbocycles. The zero-order valence-electron chi connectivity index (χ0n) is 61.5. The van der Waals surface area contributed by atoms with Crippen LogP contribution in [0.15, 0.2) is 134 Å². The number of amides is 1. The number of hydrogen-bond donors (Lipinski definition) is 3. The smallest absolute Gasteiger partial charge is 0.391 e. The zero-order chi connectivity index (χ0) is 67.6. The van der Waals surface area contributed by atoms with Crippen LogP contribution >= 0.6 is 7.82 Å². The number of carbonyl (C=O) groups excluding carboxylic acids is 1. The van der Waals surface area contributed by atoms with Gasteiger partial charge in [-0.05, 0) is 96.3 Å². The number of rotatable bonds is 71. The van der Waals surface area contributed by atoms with Gasteiger partial charge in [0.15, 0.2) is 0 Å². The lowest BCUT2D eigenvalue weighted by Gasteiger charge is -2.26. The predicted octanol–water partition coefficient (Wildman–Crippen LogP) is 25.7. The van der Waals surface area contributed by atoms with E-state index in [2.05, 4.69) is 153 Å². The summed E-state index contributed by atoms with van der Waals surface area (Å²) in [6, 6.07) is -0.778. The molecule has 9 heteroatoms. The van der Waals surface area contributed by atoms with Gasteiger partial charge in [-0.15, -0.1) is 0 Å². The van der Waals surface area contributed by atoms with Crippen LogP contribution < -0.4 is 5.32 Å². The first kappa shape index (κ1) is 89.6. The zero-order valence-corrected chi connectivity index (χ0v) is 62.4. The average molecular weight is 1320 g/mol. The number of nitrogens with zero attached hydrogens (tertiary/aromatic N) is 1. The number of carbonyl (C=O) groups is 1. The monoisotopic (exact) mass is 1310 g/mol. The van der Waals surface area contributed by atoms with Crippen LogP contribution in [0, 0.1) is 0 Å². The van der Waals surface area contributed by atoms with E-state index in [-0.39, 0.29) is 19.1 Å². The summed E-state index contributed by atoms with van der Waals surface area (Å²) in [5.74, 6) is -0.156. The Balaban J connectivity index is 4.08. The van der Waals surface area contributed by atoms with E-state index in [1.54, 1.807) is 0 Å². The van der Waals surface area contributed by atoms with Crippen molar-refractivity contribution < 1.29 is 32.9 Å². The molecule has 0 radical (unpaired) electrons. The van der Waals surface area contributed by atoms with Crippen molar-refractivity contribution in [1.82, 2.24) is 5.32 Å². The molecular weight excluding hydrogens is 1160 g/mol. The third-order valence-electron chi connectivity index (χ3n) is 17.2. The van der Waals surface area contributed by atoms with Crippen LogP contribution in [0.1, 0.15) is 341 Å². The molecule has 0 saturated heterocycles. The summed E-state index contributed by atoms with van der Waals surface area (Å²) in [6.07, 6.45) is 110. The molecule has 8 nitrogen and oxygen atoms in total. The molecule has 0 fully saturated rings. The van der Waals surface area contributed by atoms with Gasteiger partial charge < -0.3 is 19.8 Å². The quantitative estimate of drug-likeness (QED) is 0.0243. The molecular formula is C84H150N2O6P+. The summed E-state index contributed by atoms with van der Waals surface area (Å²) in [4.78, 5) is 23.5. The third kappa shape index (κ3) is 75.9. The largest absolute Gasteiger partial charge is 0.472 e. The highest BCUT2D eigenvalue weighted by Crippen LogP contribution is 2.43. The minimum atomic E-state index is -4.35. The summed E-state index contributed by atoms with van der Waals surface area (Å²) in [7, 11) is 1.60. The minimum Gasteiger partial charge on any atom is -0.391 e. The lowest BCUT2D eigenvalue weighted by Crippen LogP contribution is -2.46. The van der Waals surface area contributed by atoms with Crippen molar-refractivity contribution in [3.8, 4) is 0 Å². The van der Waals surface area contributed by atoms with Gasteiger partial charge >= 0.3 is 7.82 Å². The summed E-state index contributed by atoms with van der Waals surface area (Å²) < 4.78 is 23.9. The maximum Gasteiger partial charge on any atom is 0.472 e. The highest BCUT2D eigenvalue weighted by molar-refractivity contribution is 7.47. The van der Waals surface area contributed by atoms with Crippen molar-refractivity contribution in [2.24, 2.45) is 0 Å². The van der Waals surface area contributed by atoms with Gasteiger partial charge in [0.25, 0.3) is 0 Å². The Morgan fingerprint density at radius 3 is 0.946 bits per heavy atom.